The highest BCUT2D eigenvalue weighted by molar-refractivity contribution is 6.34. The lowest BCUT2D eigenvalue weighted by atomic mass is 9.65. The zero-order valence-corrected chi connectivity index (χ0v) is 33.4. The van der Waals surface area contributed by atoms with E-state index < -0.39 is 24.1 Å². The highest BCUT2D eigenvalue weighted by atomic mass is 35.5. The molecule has 13 nitrogen and oxygen atoms in total. The number of alkyl halides is 3. The zero-order valence-electron chi connectivity index (χ0n) is 32.7. The maximum absolute atomic E-state index is 13.6. The molecule has 3 saturated heterocycles. The largest absolute Gasteiger partial charge is 0.573 e. The van der Waals surface area contributed by atoms with E-state index in [9.17, 15) is 32.3 Å². The van der Waals surface area contributed by atoms with Crippen molar-refractivity contribution in [2.75, 3.05) is 49.5 Å². The second-order valence-corrected chi connectivity index (χ2v) is 16.8. The van der Waals surface area contributed by atoms with Gasteiger partial charge in [0, 0.05) is 74.6 Å². The molecule has 1 saturated carbocycles. The Morgan fingerprint density at radius 1 is 0.966 bits per heavy atom. The number of urea groups is 1. The van der Waals surface area contributed by atoms with Crippen LogP contribution in [0.2, 0.25) is 5.02 Å². The molecule has 2 aromatic heterocycles. The van der Waals surface area contributed by atoms with Crippen molar-refractivity contribution in [3.63, 3.8) is 0 Å². The van der Waals surface area contributed by atoms with Crippen molar-refractivity contribution >= 4 is 57.6 Å². The van der Waals surface area contributed by atoms with Gasteiger partial charge in [0.25, 0.3) is 11.8 Å². The molecule has 4 aliphatic rings. The number of piperidine rings is 2. The lowest BCUT2D eigenvalue weighted by Gasteiger charge is -2.47. The predicted molar refractivity (Wildman–Crippen MR) is 215 cm³/mol. The van der Waals surface area contributed by atoms with Crippen molar-refractivity contribution in [2.24, 2.45) is 11.3 Å². The summed E-state index contributed by atoms with van der Waals surface area (Å²) >= 11 is 6.41. The third-order valence-corrected chi connectivity index (χ3v) is 12.8. The number of aryl methyl sites for hydroxylation is 1. The molecule has 8 rings (SSSR count). The maximum atomic E-state index is 13.6. The Kier molecular flexibility index (Phi) is 11.3. The number of nitrogens with one attached hydrogen (secondary N) is 2. The molecular weight excluding hydrogens is 789 g/mol. The van der Waals surface area contributed by atoms with Crippen LogP contribution in [0.1, 0.15) is 90.4 Å². The Morgan fingerprint density at radius 3 is 2.41 bits per heavy atom. The number of amides is 5. The Morgan fingerprint density at radius 2 is 1.71 bits per heavy atom. The molecule has 1 aliphatic carbocycles. The number of imide groups is 1. The van der Waals surface area contributed by atoms with Gasteiger partial charge in [0.05, 0.1) is 28.0 Å². The molecule has 0 radical (unpaired) electrons. The van der Waals surface area contributed by atoms with Gasteiger partial charge in [0.1, 0.15) is 5.69 Å². The normalized spacial score (nSPS) is 19.6. The van der Waals surface area contributed by atoms with E-state index in [1.54, 1.807) is 37.3 Å². The first kappa shape index (κ1) is 40.6. The fraction of sp³-hybridized carbons (Fsp3) is 0.476. The monoisotopic (exact) mass is 834 g/mol. The van der Waals surface area contributed by atoms with Crippen molar-refractivity contribution in [2.45, 2.75) is 77.1 Å². The van der Waals surface area contributed by atoms with Crippen LogP contribution in [-0.4, -0.2) is 93.9 Å². The van der Waals surface area contributed by atoms with Crippen LogP contribution in [0, 0.1) is 18.3 Å². The molecule has 0 bridgehead atoms. The number of benzene rings is 2. The van der Waals surface area contributed by atoms with Crippen LogP contribution in [0.3, 0.4) is 0 Å². The molecule has 2 N–H and O–H groups in total. The van der Waals surface area contributed by atoms with Crippen molar-refractivity contribution in [3.05, 3.63) is 76.7 Å². The Hall–Kier alpha value is -5.22. The second kappa shape index (κ2) is 16.4. The molecule has 17 heteroatoms. The van der Waals surface area contributed by atoms with Crippen LogP contribution in [0.4, 0.5) is 29.3 Å². The number of pyridine rings is 1. The minimum atomic E-state index is -4.97. The van der Waals surface area contributed by atoms with E-state index in [1.807, 2.05) is 15.8 Å². The number of aromatic nitrogens is 3. The van der Waals surface area contributed by atoms with Crippen molar-refractivity contribution < 1.29 is 37.1 Å². The smallest absolute Gasteiger partial charge is 0.403 e. The number of carbonyl (C=O) groups excluding carboxylic acids is 4. The van der Waals surface area contributed by atoms with Gasteiger partial charge in [-0.1, -0.05) is 17.7 Å². The number of halogens is 4. The molecule has 0 unspecified atom stereocenters. The van der Waals surface area contributed by atoms with Gasteiger partial charge in [-0.05, 0) is 106 Å². The second-order valence-electron chi connectivity index (χ2n) is 16.4. The van der Waals surface area contributed by atoms with Gasteiger partial charge in [0.15, 0.2) is 5.75 Å². The topological polar surface area (TPSA) is 142 Å². The third kappa shape index (κ3) is 9.18. The molecule has 5 amide bonds. The zero-order chi connectivity index (χ0) is 41.5. The predicted octanol–water partition coefficient (Wildman–Crippen LogP) is 7.74. The summed E-state index contributed by atoms with van der Waals surface area (Å²) in [7, 11) is 0. The van der Waals surface area contributed by atoms with Crippen LogP contribution in [-0.2, 0) is 4.79 Å². The number of hydrogen-bond donors (Lipinski definition) is 2. The van der Waals surface area contributed by atoms with E-state index in [2.05, 4.69) is 30.4 Å². The highest BCUT2D eigenvalue weighted by Gasteiger charge is 2.40. The first-order chi connectivity index (χ1) is 28.2. The van der Waals surface area contributed by atoms with Crippen LogP contribution >= 0.6 is 11.6 Å². The number of carbonyl (C=O) groups is 4. The van der Waals surface area contributed by atoms with Crippen molar-refractivity contribution in [1.82, 2.24) is 29.9 Å². The average molecular weight is 835 g/mol. The molecular formula is C42H46ClF3N8O5. The molecule has 4 aromatic rings. The summed E-state index contributed by atoms with van der Waals surface area (Å²) in [6.45, 7) is 6.07. The summed E-state index contributed by atoms with van der Waals surface area (Å²) in [5.74, 6) is -1.02. The van der Waals surface area contributed by atoms with Crippen LogP contribution < -0.4 is 20.3 Å². The first-order valence-corrected chi connectivity index (χ1v) is 20.5. The lowest BCUT2D eigenvalue weighted by Crippen LogP contribution is -2.49. The lowest BCUT2D eigenvalue weighted by molar-refractivity contribution is -0.274. The van der Waals surface area contributed by atoms with Gasteiger partial charge < -0.3 is 19.9 Å². The van der Waals surface area contributed by atoms with Crippen molar-refractivity contribution in [1.29, 1.82) is 0 Å². The molecule has 2 aromatic carbocycles. The fourth-order valence-corrected chi connectivity index (χ4v) is 9.36. The van der Waals surface area contributed by atoms with Crippen LogP contribution in [0.15, 0.2) is 54.7 Å². The molecule has 3 aliphatic heterocycles. The van der Waals surface area contributed by atoms with Gasteiger partial charge in [-0.2, -0.15) is 5.10 Å². The van der Waals surface area contributed by atoms with E-state index >= 15 is 0 Å². The molecule has 59 heavy (non-hydrogen) atoms. The van der Waals surface area contributed by atoms with Gasteiger partial charge in [-0.3, -0.25) is 29.3 Å². The number of hydrogen-bond acceptors (Lipinski definition) is 8. The molecule has 312 valence electrons. The summed E-state index contributed by atoms with van der Waals surface area (Å²) in [4.78, 5) is 60.5. The maximum Gasteiger partial charge on any atom is 0.573 e. The molecule has 0 atom stereocenters. The van der Waals surface area contributed by atoms with Gasteiger partial charge >= 0.3 is 12.4 Å². The van der Waals surface area contributed by atoms with Gasteiger partial charge in [-0.25, -0.2) is 9.78 Å². The van der Waals surface area contributed by atoms with E-state index in [1.165, 1.54) is 23.1 Å². The van der Waals surface area contributed by atoms with Gasteiger partial charge in [-0.15, -0.1) is 13.2 Å². The fourth-order valence-electron chi connectivity index (χ4n) is 9.14. The van der Waals surface area contributed by atoms with Crippen LogP contribution in [0.25, 0.3) is 10.9 Å². The Labute approximate surface area is 344 Å². The summed E-state index contributed by atoms with van der Waals surface area (Å²) in [6.07, 6.45) is 5.17. The Bertz CT molecular complexity index is 2260. The number of anilines is 2. The standard InChI is InChI=1S/C42H46ClF3N8O5/c1-26-3-2-4-32(47-26)38(56)48-34-21-29-25-54(50-33(29)23-36(34)59-42(44,45)46)30-9-16-51(17-10-30)24-27-7-12-41(13-8-27)14-19-52(20-15-41)39(57)28-5-6-31(43)35(22-28)53-18-11-37(55)49-40(53)58/h2-6,21-23,25,27,30H,7-20,24H2,1H3,(H,48,56)(H,49,55,58). The van der Waals surface area contributed by atoms with E-state index in [4.69, 9.17) is 11.6 Å². The number of nitrogens with zero attached hydrogens (tertiary/aromatic N) is 6. The van der Waals surface area contributed by atoms with E-state index in [0.29, 0.717) is 51.9 Å². The minimum Gasteiger partial charge on any atom is -0.403 e. The molecule has 5 heterocycles. The highest BCUT2D eigenvalue weighted by Crippen LogP contribution is 2.47. The number of likely N-dealkylation sites (tertiary alicyclic amines) is 2. The third-order valence-electron chi connectivity index (χ3n) is 12.5. The van der Waals surface area contributed by atoms with E-state index in [0.717, 1.165) is 71.0 Å². The summed E-state index contributed by atoms with van der Waals surface area (Å²) in [6, 6.07) is 12.0. The van der Waals surface area contributed by atoms with Crippen molar-refractivity contribution in [3.8, 4) is 5.75 Å². The quantitative estimate of drug-likeness (QED) is 0.184. The minimum absolute atomic E-state index is 0.0760. The average Bonchev–Trinajstić information content (AvgIpc) is 3.62. The summed E-state index contributed by atoms with van der Waals surface area (Å²) < 4.78 is 46.3. The molecule has 1 spiro atoms. The molecule has 4 fully saturated rings. The summed E-state index contributed by atoms with van der Waals surface area (Å²) in [5.41, 5.74) is 2.01. The number of rotatable bonds is 8. The number of fused-ring (bicyclic) bond motifs is 1. The van der Waals surface area contributed by atoms with Gasteiger partial charge in [0.2, 0.25) is 5.91 Å². The summed E-state index contributed by atoms with van der Waals surface area (Å²) in [5, 5.41) is 10.4. The van der Waals surface area contributed by atoms with E-state index in [-0.39, 0.29) is 47.6 Å². The Balaban J connectivity index is 0.823. The number of ether oxygens (including phenoxy) is 1. The first-order valence-electron chi connectivity index (χ1n) is 20.2. The SMILES string of the molecule is Cc1cccc(C(=O)Nc2cc3cn(C4CCN(CC5CCC6(CC5)CCN(C(=O)c5ccc(Cl)c(N7CCC(=O)NC7=O)c5)CC6)CC4)nc3cc2OC(F)(F)F)n1. The van der Waals surface area contributed by atoms with Crippen LogP contribution in [0.5, 0.6) is 5.75 Å².